The molecule has 2 aromatic carbocycles. The van der Waals surface area contributed by atoms with Crippen LogP contribution < -0.4 is 14.4 Å². The third kappa shape index (κ3) is 4.96. The Balaban J connectivity index is 2.09. The molecule has 0 saturated heterocycles. The molecule has 0 bridgehead atoms. The molecule has 0 spiro atoms. The van der Waals surface area contributed by atoms with Crippen LogP contribution in [0, 0.1) is 6.92 Å². The molecule has 25 heavy (non-hydrogen) atoms. The molecule has 7 heteroatoms. The Labute approximate surface area is 148 Å². The molecule has 0 radical (unpaired) electrons. The van der Waals surface area contributed by atoms with Crippen molar-refractivity contribution in [2.45, 2.75) is 20.0 Å². The highest BCUT2D eigenvalue weighted by molar-refractivity contribution is 7.92. The van der Waals surface area contributed by atoms with Gasteiger partial charge in [0.25, 0.3) is 5.91 Å². The summed E-state index contributed by atoms with van der Waals surface area (Å²) >= 11 is 0. The number of nitrogens with one attached hydrogen (secondary N) is 1. The largest absolute Gasteiger partial charge is 0.481 e. The van der Waals surface area contributed by atoms with Crippen LogP contribution in [-0.2, 0) is 14.8 Å². The van der Waals surface area contributed by atoms with Crippen LogP contribution in [0.3, 0.4) is 0 Å². The lowest BCUT2D eigenvalue weighted by molar-refractivity contribution is -0.122. The number of carbonyl (C=O) groups is 1. The van der Waals surface area contributed by atoms with Gasteiger partial charge in [0, 0.05) is 12.7 Å². The Morgan fingerprint density at radius 3 is 2.48 bits per heavy atom. The van der Waals surface area contributed by atoms with Gasteiger partial charge in [-0.15, -0.1) is 0 Å². The lowest BCUT2D eigenvalue weighted by atomic mass is 10.2. The zero-order valence-electron chi connectivity index (χ0n) is 14.7. The number of sulfonamides is 1. The number of ether oxygens (including phenoxy) is 1. The Hall–Kier alpha value is -2.54. The number of aryl methyl sites for hydroxylation is 1. The summed E-state index contributed by atoms with van der Waals surface area (Å²) < 4.78 is 30.1. The number of benzene rings is 2. The molecule has 0 aliphatic heterocycles. The molecule has 0 unspecified atom stereocenters. The second-order valence-electron chi connectivity index (χ2n) is 5.80. The molecule has 0 fully saturated rings. The van der Waals surface area contributed by atoms with Crippen molar-refractivity contribution < 1.29 is 17.9 Å². The molecule has 0 aliphatic carbocycles. The lowest BCUT2D eigenvalue weighted by Gasteiger charge is -2.19. The maximum atomic E-state index is 12.3. The predicted octanol–water partition coefficient (Wildman–Crippen LogP) is 2.80. The van der Waals surface area contributed by atoms with E-state index < -0.39 is 16.1 Å². The van der Waals surface area contributed by atoms with Crippen LogP contribution in [-0.4, -0.2) is 33.7 Å². The van der Waals surface area contributed by atoms with Gasteiger partial charge >= 0.3 is 0 Å². The molecule has 2 aromatic rings. The number of rotatable bonds is 6. The van der Waals surface area contributed by atoms with Gasteiger partial charge in [-0.3, -0.25) is 9.10 Å². The summed E-state index contributed by atoms with van der Waals surface area (Å²) in [4.78, 5) is 12.3. The smallest absolute Gasteiger partial charge is 0.265 e. The zero-order chi connectivity index (χ0) is 18.6. The van der Waals surface area contributed by atoms with Gasteiger partial charge < -0.3 is 10.1 Å². The van der Waals surface area contributed by atoms with Crippen molar-refractivity contribution in [1.29, 1.82) is 0 Å². The van der Waals surface area contributed by atoms with Crippen molar-refractivity contribution in [3.8, 4) is 5.75 Å². The van der Waals surface area contributed by atoms with E-state index in [0.29, 0.717) is 17.1 Å². The van der Waals surface area contributed by atoms with Crippen LogP contribution in [0.25, 0.3) is 0 Å². The predicted molar refractivity (Wildman–Crippen MR) is 99.6 cm³/mol. The summed E-state index contributed by atoms with van der Waals surface area (Å²) in [7, 11) is -1.91. The molecule has 2 rings (SSSR count). The summed E-state index contributed by atoms with van der Waals surface area (Å²) in [6, 6.07) is 14.1. The van der Waals surface area contributed by atoms with Crippen molar-refractivity contribution in [2.75, 3.05) is 22.9 Å². The fourth-order valence-electron chi connectivity index (χ4n) is 2.15. The van der Waals surface area contributed by atoms with E-state index in [1.54, 1.807) is 37.3 Å². The summed E-state index contributed by atoms with van der Waals surface area (Å²) in [6.07, 6.45) is 0.425. The van der Waals surface area contributed by atoms with Crippen molar-refractivity contribution in [3.63, 3.8) is 0 Å². The van der Waals surface area contributed by atoms with Gasteiger partial charge in [0.05, 0.1) is 11.9 Å². The van der Waals surface area contributed by atoms with E-state index in [-0.39, 0.29) is 5.91 Å². The first kappa shape index (κ1) is 18.8. The van der Waals surface area contributed by atoms with Crippen LogP contribution in [0.1, 0.15) is 12.5 Å². The molecule has 0 saturated carbocycles. The first-order chi connectivity index (χ1) is 11.7. The fraction of sp³-hybridized carbons (Fsp3) is 0.278. The molecular weight excluding hydrogens is 340 g/mol. The van der Waals surface area contributed by atoms with Gasteiger partial charge in [0.1, 0.15) is 5.75 Å². The number of carbonyl (C=O) groups excluding carboxylic acids is 1. The van der Waals surface area contributed by atoms with E-state index in [1.165, 1.54) is 7.05 Å². The fourth-order valence-corrected chi connectivity index (χ4v) is 2.64. The lowest BCUT2D eigenvalue weighted by Crippen LogP contribution is -2.30. The Kier molecular flexibility index (Phi) is 5.69. The summed E-state index contributed by atoms with van der Waals surface area (Å²) in [5.41, 5.74) is 1.91. The number of hydrogen-bond donors (Lipinski definition) is 1. The van der Waals surface area contributed by atoms with Crippen LogP contribution >= 0.6 is 0 Å². The normalized spacial score (nSPS) is 12.3. The van der Waals surface area contributed by atoms with Crippen molar-refractivity contribution in [3.05, 3.63) is 54.1 Å². The monoisotopic (exact) mass is 362 g/mol. The molecule has 0 aromatic heterocycles. The summed E-state index contributed by atoms with van der Waals surface area (Å²) in [5.74, 6) is 0.332. The van der Waals surface area contributed by atoms with Crippen molar-refractivity contribution in [1.82, 2.24) is 0 Å². The average Bonchev–Trinajstić information content (AvgIpc) is 2.55. The highest BCUT2D eigenvalue weighted by Crippen LogP contribution is 2.21. The van der Waals surface area contributed by atoms with E-state index >= 15 is 0 Å². The molecule has 1 N–H and O–H groups in total. The van der Waals surface area contributed by atoms with Crippen LogP contribution in [0.15, 0.2) is 48.5 Å². The van der Waals surface area contributed by atoms with E-state index in [0.717, 1.165) is 16.1 Å². The molecule has 0 aliphatic rings. The van der Waals surface area contributed by atoms with E-state index in [9.17, 15) is 13.2 Å². The highest BCUT2D eigenvalue weighted by Gasteiger charge is 2.17. The van der Waals surface area contributed by atoms with E-state index in [4.69, 9.17) is 4.74 Å². The number of nitrogens with zero attached hydrogens (tertiary/aromatic N) is 1. The third-order valence-corrected chi connectivity index (χ3v) is 4.95. The maximum Gasteiger partial charge on any atom is 0.265 e. The molecule has 6 nitrogen and oxygen atoms in total. The molecule has 1 amide bonds. The molecule has 1 atom stereocenters. The number of para-hydroxylation sites is 1. The first-order valence-electron chi connectivity index (χ1n) is 7.75. The van der Waals surface area contributed by atoms with Gasteiger partial charge in [-0.1, -0.05) is 24.3 Å². The Morgan fingerprint density at radius 1 is 1.16 bits per heavy atom. The van der Waals surface area contributed by atoms with Crippen LogP contribution in [0.4, 0.5) is 11.4 Å². The van der Waals surface area contributed by atoms with Crippen molar-refractivity contribution in [2.24, 2.45) is 0 Å². The van der Waals surface area contributed by atoms with Crippen LogP contribution in [0.2, 0.25) is 0 Å². The standard InChI is InChI=1S/C18H22N2O4S/c1-13-8-5-6-11-17(13)24-14(2)18(21)19-15-9-7-10-16(12-15)20(3)25(4,22)23/h5-12,14H,1-4H3,(H,19,21)/t14-/m1/s1. The zero-order valence-corrected chi connectivity index (χ0v) is 15.5. The molecule has 0 heterocycles. The Morgan fingerprint density at radius 2 is 1.84 bits per heavy atom. The van der Waals surface area contributed by atoms with Crippen LogP contribution in [0.5, 0.6) is 5.75 Å². The topological polar surface area (TPSA) is 75.7 Å². The minimum Gasteiger partial charge on any atom is -0.481 e. The summed E-state index contributed by atoms with van der Waals surface area (Å²) in [6.45, 7) is 3.57. The van der Waals surface area contributed by atoms with Gasteiger partial charge in [-0.05, 0) is 43.7 Å². The van der Waals surface area contributed by atoms with Gasteiger partial charge in [0.15, 0.2) is 6.10 Å². The Bertz CT molecular complexity index is 865. The van der Waals surface area contributed by atoms with E-state index in [2.05, 4.69) is 5.32 Å². The van der Waals surface area contributed by atoms with Crippen molar-refractivity contribution >= 4 is 27.3 Å². The first-order valence-corrected chi connectivity index (χ1v) is 9.60. The number of hydrogen-bond acceptors (Lipinski definition) is 4. The van der Waals surface area contributed by atoms with Gasteiger partial charge in [-0.2, -0.15) is 0 Å². The second kappa shape index (κ2) is 7.57. The number of anilines is 2. The molecule has 134 valence electrons. The average molecular weight is 362 g/mol. The van der Waals surface area contributed by atoms with Gasteiger partial charge in [-0.25, -0.2) is 8.42 Å². The SMILES string of the molecule is Cc1ccccc1O[C@H](C)C(=O)Nc1cccc(N(C)S(C)(=O)=O)c1. The number of amides is 1. The highest BCUT2D eigenvalue weighted by atomic mass is 32.2. The minimum absolute atomic E-state index is 0.317. The quantitative estimate of drug-likeness (QED) is 0.857. The maximum absolute atomic E-state index is 12.3. The van der Waals surface area contributed by atoms with Gasteiger partial charge in [0.2, 0.25) is 10.0 Å². The third-order valence-electron chi connectivity index (χ3n) is 3.74. The van der Waals surface area contributed by atoms with E-state index in [1.807, 2.05) is 25.1 Å². The second-order valence-corrected chi connectivity index (χ2v) is 7.81. The summed E-state index contributed by atoms with van der Waals surface area (Å²) in [5, 5.41) is 2.74. The molecular formula is C18H22N2O4S. The minimum atomic E-state index is -3.37.